The molecular formula is C12H23N3S. The molecule has 0 aromatic carbocycles. The summed E-state index contributed by atoms with van der Waals surface area (Å²) in [7, 11) is 0. The average Bonchev–Trinajstić information content (AvgIpc) is 2.76. The molecule has 0 aliphatic carbocycles. The summed E-state index contributed by atoms with van der Waals surface area (Å²) in [5.41, 5.74) is 0. The Morgan fingerprint density at radius 2 is 2.25 bits per heavy atom. The van der Waals surface area contributed by atoms with Crippen LogP contribution in [0, 0.1) is 0 Å². The second-order valence-electron chi connectivity index (χ2n) is 4.86. The molecule has 2 fully saturated rings. The number of piperazine rings is 1. The fourth-order valence-electron chi connectivity index (χ4n) is 2.66. The van der Waals surface area contributed by atoms with E-state index < -0.39 is 0 Å². The number of unbranched alkanes of at least 4 members (excludes halogenated alkanes) is 1. The first-order valence-electron chi connectivity index (χ1n) is 6.58. The molecule has 2 aliphatic heterocycles. The molecule has 2 saturated heterocycles. The van der Waals surface area contributed by atoms with Gasteiger partial charge in [0, 0.05) is 32.2 Å². The van der Waals surface area contributed by atoms with E-state index in [1.165, 1.54) is 38.8 Å². The molecule has 0 saturated carbocycles. The summed E-state index contributed by atoms with van der Waals surface area (Å²) in [6.07, 6.45) is 5.16. The number of thiocarbonyl (C=S) groups is 1. The minimum absolute atomic E-state index is 0.764. The van der Waals surface area contributed by atoms with E-state index in [9.17, 15) is 0 Å². The Balaban J connectivity index is 1.75. The third-order valence-electron chi connectivity index (χ3n) is 3.68. The van der Waals surface area contributed by atoms with Crippen LogP contribution in [0.5, 0.6) is 0 Å². The molecule has 0 bridgehead atoms. The molecule has 2 aliphatic rings. The summed E-state index contributed by atoms with van der Waals surface area (Å²) >= 11 is 5.44. The number of hydrogen-bond acceptors (Lipinski definition) is 2. The molecule has 1 N–H and O–H groups in total. The van der Waals surface area contributed by atoms with Gasteiger partial charge in [-0.1, -0.05) is 13.3 Å². The normalized spacial score (nSPS) is 25.6. The Morgan fingerprint density at radius 3 is 3.06 bits per heavy atom. The van der Waals surface area contributed by atoms with E-state index in [-0.39, 0.29) is 0 Å². The third kappa shape index (κ3) is 2.86. The second kappa shape index (κ2) is 5.82. The Bertz CT molecular complexity index is 244. The fourth-order valence-corrected chi connectivity index (χ4v) is 2.93. The lowest BCUT2D eigenvalue weighted by molar-refractivity contribution is 0.151. The lowest BCUT2D eigenvalue weighted by atomic mass is 10.2. The molecule has 92 valence electrons. The van der Waals surface area contributed by atoms with Gasteiger partial charge in [0.2, 0.25) is 0 Å². The highest BCUT2D eigenvalue weighted by atomic mass is 32.1. The summed E-state index contributed by atoms with van der Waals surface area (Å²) in [5, 5.41) is 4.34. The molecule has 4 heteroatoms. The van der Waals surface area contributed by atoms with E-state index in [2.05, 4.69) is 22.0 Å². The van der Waals surface area contributed by atoms with Crippen molar-refractivity contribution < 1.29 is 0 Å². The molecule has 1 atom stereocenters. The van der Waals surface area contributed by atoms with Crippen molar-refractivity contribution in [3.8, 4) is 0 Å². The van der Waals surface area contributed by atoms with E-state index >= 15 is 0 Å². The summed E-state index contributed by atoms with van der Waals surface area (Å²) in [6.45, 7) is 7.98. The Morgan fingerprint density at radius 1 is 1.38 bits per heavy atom. The topological polar surface area (TPSA) is 18.5 Å². The monoisotopic (exact) mass is 241 g/mol. The van der Waals surface area contributed by atoms with Crippen LogP contribution in [0.4, 0.5) is 0 Å². The van der Waals surface area contributed by atoms with Gasteiger partial charge in [-0.2, -0.15) is 0 Å². The predicted octanol–water partition coefficient (Wildman–Crippen LogP) is 1.44. The van der Waals surface area contributed by atoms with Crippen LogP contribution in [0.3, 0.4) is 0 Å². The number of hydrogen-bond donors (Lipinski definition) is 1. The van der Waals surface area contributed by atoms with E-state index in [1.54, 1.807) is 0 Å². The fraction of sp³-hybridized carbons (Fsp3) is 0.917. The highest BCUT2D eigenvalue weighted by Crippen LogP contribution is 2.21. The van der Waals surface area contributed by atoms with Crippen LogP contribution in [-0.4, -0.2) is 53.7 Å². The van der Waals surface area contributed by atoms with E-state index in [0.29, 0.717) is 0 Å². The van der Waals surface area contributed by atoms with Crippen LogP contribution in [0.25, 0.3) is 0 Å². The van der Waals surface area contributed by atoms with Crippen molar-refractivity contribution in [2.45, 2.75) is 38.6 Å². The summed E-state index contributed by atoms with van der Waals surface area (Å²) in [6, 6.07) is 0.764. The largest absolute Gasteiger partial charge is 0.363 e. The number of nitrogens with one attached hydrogen (secondary N) is 1. The standard InChI is InChI=1S/C12H23N3S/c1-2-3-6-13-12(16)15-9-8-14-7-4-5-11(14)10-15/h11H,2-10H2,1H3,(H,13,16). The van der Waals surface area contributed by atoms with Crippen molar-refractivity contribution >= 4 is 17.3 Å². The Labute approximate surface area is 104 Å². The molecule has 0 amide bonds. The molecule has 16 heavy (non-hydrogen) atoms. The number of nitrogens with zero attached hydrogens (tertiary/aromatic N) is 2. The summed E-state index contributed by atoms with van der Waals surface area (Å²) in [5.74, 6) is 0. The molecule has 0 aromatic rings. The SMILES string of the molecule is CCCCNC(=S)N1CCN2CCCC2C1. The minimum atomic E-state index is 0.764. The van der Waals surface area contributed by atoms with Gasteiger partial charge in [0.1, 0.15) is 0 Å². The van der Waals surface area contributed by atoms with Crippen LogP contribution in [0.2, 0.25) is 0 Å². The lowest BCUT2D eigenvalue weighted by Gasteiger charge is -2.38. The van der Waals surface area contributed by atoms with Crippen molar-refractivity contribution in [2.24, 2.45) is 0 Å². The van der Waals surface area contributed by atoms with E-state index in [1.807, 2.05) is 0 Å². The Kier molecular flexibility index (Phi) is 4.41. The maximum absolute atomic E-state index is 5.44. The second-order valence-corrected chi connectivity index (χ2v) is 5.25. The third-order valence-corrected chi connectivity index (χ3v) is 4.08. The number of rotatable bonds is 3. The van der Waals surface area contributed by atoms with Crippen molar-refractivity contribution in [2.75, 3.05) is 32.7 Å². The van der Waals surface area contributed by atoms with Crippen molar-refractivity contribution in [1.29, 1.82) is 0 Å². The van der Waals surface area contributed by atoms with Gasteiger partial charge in [0.05, 0.1) is 0 Å². The van der Waals surface area contributed by atoms with Gasteiger partial charge in [-0.05, 0) is 38.0 Å². The average molecular weight is 241 g/mol. The zero-order chi connectivity index (χ0) is 11.4. The first-order chi connectivity index (χ1) is 7.81. The van der Waals surface area contributed by atoms with Crippen LogP contribution >= 0.6 is 12.2 Å². The molecule has 2 rings (SSSR count). The van der Waals surface area contributed by atoms with Gasteiger partial charge in [-0.25, -0.2) is 0 Å². The number of fused-ring (bicyclic) bond motifs is 1. The van der Waals surface area contributed by atoms with Crippen molar-refractivity contribution in [1.82, 2.24) is 15.1 Å². The predicted molar refractivity (Wildman–Crippen MR) is 71.7 cm³/mol. The minimum Gasteiger partial charge on any atom is -0.363 e. The van der Waals surface area contributed by atoms with Crippen LogP contribution in [0.1, 0.15) is 32.6 Å². The molecule has 3 nitrogen and oxygen atoms in total. The van der Waals surface area contributed by atoms with Crippen molar-refractivity contribution in [3.05, 3.63) is 0 Å². The maximum Gasteiger partial charge on any atom is 0.169 e. The molecule has 2 heterocycles. The highest BCUT2D eigenvalue weighted by Gasteiger charge is 2.31. The van der Waals surface area contributed by atoms with Gasteiger partial charge in [0.15, 0.2) is 5.11 Å². The zero-order valence-corrected chi connectivity index (χ0v) is 11.1. The zero-order valence-electron chi connectivity index (χ0n) is 10.2. The summed E-state index contributed by atoms with van der Waals surface area (Å²) < 4.78 is 0. The van der Waals surface area contributed by atoms with E-state index in [0.717, 1.165) is 30.8 Å². The van der Waals surface area contributed by atoms with Gasteiger partial charge in [0.25, 0.3) is 0 Å². The molecular weight excluding hydrogens is 218 g/mol. The Hall–Kier alpha value is -0.350. The molecule has 1 unspecified atom stereocenters. The molecule has 0 aromatic heterocycles. The smallest absolute Gasteiger partial charge is 0.169 e. The highest BCUT2D eigenvalue weighted by molar-refractivity contribution is 7.80. The first kappa shape index (κ1) is 12.1. The lowest BCUT2D eigenvalue weighted by Crippen LogP contribution is -2.54. The summed E-state index contributed by atoms with van der Waals surface area (Å²) in [4.78, 5) is 4.97. The van der Waals surface area contributed by atoms with Crippen LogP contribution in [0.15, 0.2) is 0 Å². The maximum atomic E-state index is 5.44. The van der Waals surface area contributed by atoms with E-state index in [4.69, 9.17) is 12.2 Å². The molecule has 0 spiro atoms. The van der Waals surface area contributed by atoms with Gasteiger partial charge in [-0.15, -0.1) is 0 Å². The van der Waals surface area contributed by atoms with Crippen molar-refractivity contribution in [3.63, 3.8) is 0 Å². The van der Waals surface area contributed by atoms with Gasteiger partial charge >= 0.3 is 0 Å². The van der Waals surface area contributed by atoms with Crippen LogP contribution < -0.4 is 5.32 Å². The quantitative estimate of drug-likeness (QED) is 0.595. The molecule has 0 radical (unpaired) electrons. The van der Waals surface area contributed by atoms with Gasteiger partial charge < -0.3 is 10.2 Å². The van der Waals surface area contributed by atoms with Crippen LogP contribution in [-0.2, 0) is 0 Å². The first-order valence-corrected chi connectivity index (χ1v) is 6.99. The van der Waals surface area contributed by atoms with Gasteiger partial charge in [-0.3, -0.25) is 4.90 Å².